The first-order valence-corrected chi connectivity index (χ1v) is 12.1. The predicted molar refractivity (Wildman–Crippen MR) is 136 cm³/mol. The fourth-order valence-electron chi connectivity index (χ4n) is 5.82. The van der Waals surface area contributed by atoms with E-state index < -0.39 is 0 Å². The smallest absolute Gasteiger partial charge is 0.0479 e. The summed E-state index contributed by atoms with van der Waals surface area (Å²) in [5.41, 5.74) is 8.01. The maximum atomic E-state index is 2.39. The third kappa shape index (κ3) is 3.79. The van der Waals surface area contributed by atoms with Gasteiger partial charge >= 0.3 is 0 Å². The lowest BCUT2D eigenvalue weighted by Crippen LogP contribution is -2.39. The summed E-state index contributed by atoms with van der Waals surface area (Å²) in [4.78, 5) is 0. The molecule has 0 aromatic heterocycles. The molecule has 1 atom stereocenters. The average molecular weight is 417 g/mol. The number of aryl methyl sites for hydroxylation is 1. The molecule has 0 heteroatoms. The Labute approximate surface area is 193 Å². The molecule has 4 aromatic carbocycles. The standard InChI is InChI=1S/C32H32/c1-25-17-21-30(22-18-25)32(28-13-7-3-8-14-28,29-15-9-4-10-16-29)31-23-19-27(20-24-31)26-11-5-2-6-12-26/h2-3,5-8,11-14,17-24,29H,4,9-10,15-16H2,1H3. The van der Waals surface area contributed by atoms with Crippen LogP contribution in [-0.2, 0) is 5.41 Å². The molecule has 0 amide bonds. The van der Waals surface area contributed by atoms with Crippen LogP contribution in [0.2, 0.25) is 0 Å². The number of rotatable bonds is 5. The van der Waals surface area contributed by atoms with E-state index in [-0.39, 0.29) is 5.41 Å². The first-order chi connectivity index (χ1) is 15.8. The van der Waals surface area contributed by atoms with Gasteiger partial charge in [0.05, 0.1) is 0 Å². The molecule has 0 heterocycles. The maximum Gasteiger partial charge on any atom is 0.0479 e. The van der Waals surface area contributed by atoms with Gasteiger partial charge in [0.1, 0.15) is 0 Å². The van der Waals surface area contributed by atoms with Crippen molar-refractivity contribution in [2.45, 2.75) is 44.4 Å². The van der Waals surface area contributed by atoms with E-state index in [1.165, 1.54) is 65.5 Å². The first kappa shape index (κ1) is 20.8. The molecule has 0 bridgehead atoms. The molecule has 0 N–H and O–H groups in total. The Morgan fingerprint density at radius 3 is 1.56 bits per heavy atom. The molecule has 0 nitrogen and oxygen atoms in total. The lowest BCUT2D eigenvalue weighted by molar-refractivity contribution is 0.271. The molecule has 0 saturated heterocycles. The molecule has 4 aromatic rings. The van der Waals surface area contributed by atoms with Gasteiger partial charge in [0, 0.05) is 5.41 Å². The summed E-state index contributed by atoms with van der Waals surface area (Å²) in [5, 5.41) is 0. The van der Waals surface area contributed by atoms with Crippen molar-refractivity contribution in [3.8, 4) is 11.1 Å². The molecule has 1 saturated carbocycles. The topological polar surface area (TPSA) is 0 Å². The highest BCUT2D eigenvalue weighted by atomic mass is 14.5. The molecule has 0 spiro atoms. The first-order valence-electron chi connectivity index (χ1n) is 12.1. The summed E-state index contributed by atoms with van der Waals surface area (Å²) in [7, 11) is 0. The van der Waals surface area contributed by atoms with Crippen molar-refractivity contribution in [3.63, 3.8) is 0 Å². The van der Waals surface area contributed by atoms with Gasteiger partial charge in [-0.2, -0.15) is 0 Å². The maximum absolute atomic E-state index is 2.39. The second-order valence-corrected chi connectivity index (χ2v) is 9.32. The lowest BCUT2D eigenvalue weighted by Gasteiger charge is -2.44. The summed E-state index contributed by atoms with van der Waals surface area (Å²) in [6.07, 6.45) is 6.58. The Morgan fingerprint density at radius 2 is 0.969 bits per heavy atom. The highest BCUT2D eigenvalue weighted by Gasteiger charge is 2.43. The van der Waals surface area contributed by atoms with Gasteiger partial charge in [-0.05, 0) is 53.5 Å². The molecule has 1 fully saturated rings. The van der Waals surface area contributed by atoms with Crippen LogP contribution < -0.4 is 0 Å². The van der Waals surface area contributed by atoms with Gasteiger partial charge < -0.3 is 0 Å². The SMILES string of the molecule is Cc1ccc(C(c2ccccc2)(c2ccc(-c3ccccc3)cc2)C2CCCCC2)cc1. The van der Waals surface area contributed by atoms with E-state index in [4.69, 9.17) is 0 Å². The second-order valence-electron chi connectivity index (χ2n) is 9.32. The van der Waals surface area contributed by atoms with Crippen LogP contribution in [0.25, 0.3) is 11.1 Å². The zero-order valence-corrected chi connectivity index (χ0v) is 19.0. The Morgan fingerprint density at radius 1 is 0.500 bits per heavy atom. The minimum Gasteiger partial charge on any atom is -0.0622 e. The summed E-state index contributed by atoms with van der Waals surface area (Å²) in [6.45, 7) is 2.18. The van der Waals surface area contributed by atoms with Crippen molar-refractivity contribution >= 4 is 0 Å². The van der Waals surface area contributed by atoms with E-state index in [0.717, 1.165) is 0 Å². The van der Waals surface area contributed by atoms with Crippen molar-refractivity contribution in [1.82, 2.24) is 0 Å². The van der Waals surface area contributed by atoms with Gasteiger partial charge in [0.25, 0.3) is 0 Å². The van der Waals surface area contributed by atoms with Gasteiger partial charge in [-0.3, -0.25) is 0 Å². The van der Waals surface area contributed by atoms with E-state index >= 15 is 0 Å². The molecular weight excluding hydrogens is 384 g/mol. The summed E-state index contributed by atoms with van der Waals surface area (Å²) in [5.74, 6) is 0.601. The quantitative estimate of drug-likeness (QED) is 0.286. The minimum absolute atomic E-state index is 0.120. The van der Waals surface area contributed by atoms with Gasteiger partial charge in [0.2, 0.25) is 0 Å². The highest BCUT2D eigenvalue weighted by molar-refractivity contribution is 5.65. The van der Waals surface area contributed by atoms with E-state index in [1.807, 2.05) is 0 Å². The van der Waals surface area contributed by atoms with Crippen LogP contribution in [0.5, 0.6) is 0 Å². The van der Waals surface area contributed by atoms with Crippen molar-refractivity contribution < 1.29 is 0 Å². The van der Waals surface area contributed by atoms with Crippen LogP contribution in [0.3, 0.4) is 0 Å². The van der Waals surface area contributed by atoms with Crippen LogP contribution >= 0.6 is 0 Å². The zero-order chi connectivity index (χ0) is 21.8. The van der Waals surface area contributed by atoms with Gasteiger partial charge in [-0.15, -0.1) is 0 Å². The Kier molecular flexibility index (Phi) is 5.95. The van der Waals surface area contributed by atoms with Crippen molar-refractivity contribution in [1.29, 1.82) is 0 Å². The normalized spacial score (nSPS) is 16.4. The van der Waals surface area contributed by atoms with Gasteiger partial charge in [-0.1, -0.05) is 134 Å². The van der Waals surface area contributed by atoms with Gasteiger partial charge in [0.15, 0.2) is 0 Å². The summed E-state index contributed by atoms with van der Waals surface area (Å²) in [6, 6.07) is 40.7. The largest absolute Gasteiger partial charge is 0.0622 e. The van der Waals surface area contributed by atoms with E-state index in [0.29, 0.717) is 5.92 Å². The van der Waals surface area contributed by atoms with E-state index in [2.05, 4.69) is 116 Å². The molecule has 5 rings (SSSR count). The van der Waals surface area contributed by atoms with E-state index in [1.54, 1.807) is 0 Å². The summed E-state index contributed by atoms with van der Waals surface area (Å²) >= 11 is 0. The lowest BCUT2D eigenvalue weighted by atomic mass is 9.58. The minimum atomic E-state index is -0.120. The monoisotopic (exact) mass is 416 g/mol. The predicted octanol–water partition coefficient (Wildman–Crippen LogP) is 8.58. The van der Waals surface area contributed by atoms with Crippen molar-refractivity contribution in [2.24, 2.45) is 5.92 Å². The molecule has 1 aliphatic carbocycles. The molecule has 1 unspecified atom stereocenters. The molecule has 0 aliphatic heterocycles. The van der Waals surface area contributed by atoms with Gasteiger partial charge in [-0.25, -0.2) is 0 Å². The fourth-order valence-corrected chi connectivity index (χ4v) is 5.82. The Bertz CT molecular complexity index is 1120. The van der Waals surface area contributed by atoms with Crippen LogP contribution in [0.15, 0.2) is 109 Å². The molecule has 1 aliphatic rings. The fraction of sp³-hybridized carbons (Fsp3) is 0.250. The Balaban J connectivity index is 1.72. The number of hydrogen-bond acceptors (Lipinski definition) is 0. The van der Waals surface area contributed by atoms with Crippen molar-refractivity contribution in [2.75, 3.05) is 0 Å². The highest BCUT2D eigenvalue weighted by Crippen LogP contribution is 2.50. The second kappa shape index (κ2) is 9.17. The molecule has 32 heavy (non-hydrogen) atoms. The molecular formula is C32H32. The van der Waals surface area contributed by atoms with Crippen LogP contribution in [0.1, 0.15) is 54.4 Å². The molecule has 160 valence electrons. The van der Waals surface area contributed by atoms with Crippen LogP contribution in [0.4, 0.5) is 0 Å². The summed E-state index contributed by atoms with van der Waals surface area (Å²) < 4.78 is 0. The van der Waals surface area contributed by atoms with Crippen molar-refractivity contribution in [3.05, 3.63) is 131 Å². The third-order valence-electron chi connectivity index (χ3n) is 7.40. The van der Waals surface area contributed by atoms with E-state index in [9.17, 15) is 0 Å². The molecule has 0 radical (unpaired) electrons. The average Bonchev–Trinajstić information content (AvgIpc) is 2.88. The Hall–Kier alpha value is -3.12. The van der Waals surface area contributed by atoms with Crippen LogP contribution in [-0.4, -0.2) is 0 Å². The zero-order valence-electron chi connectivity index (χ0n) is 19.0. The number of benzene rings is 4. The van der Waals surface area contributed by atoms with Crippen LogP contribution in [0, 0.1) is 12.8 Å². The third-order valence-corrected chi connectivity index (χ3v) is 7.40. The number of hydrogen-bond donors (Lipinski definition) is 0.